The van der Waals surface area contributed by atoms with Gasteiger partial charge in [0, 0.05) is 11.4 Å². The van der Waals surface area contributed by atoms with Crippen molar-refractivity contribution in [3.8, 4) is 11.4 Å². The van der Waals surface area contributed by atoms with Gasteiger partial charge in [0.1, 0.15) is 18.4 Å². The van der Waals surface area contributed by atoms with Crippen LogP contribution in [-0.4, -0.2) is 26.6 Å². The van der Waals surface area contributed by atoms with Gasteiger partial charge in [0.15, 0.2) is 17.0 Å². The van der Waals surface area contributed by atoms with Crippen LogP contribution >= 0.6 is 0 Å². The van der Waals surface area contributed by atoms with E-state index < -0.39 is 0 Å². The first kappa shape index (κ1) is 14.2. The summed E-state index contributed by atoms with van der Waals surface area (Å²) in [6.45, 7) is 0. The molecule has 2 heterocycles. The summed E-state index contributed by atoms with van der Waals surface area (Å²) < 4.78 is 7.11. The summed E-state index contributed by atoms with van der Waals surface area (Å²) in [5.74, 6) is 1.47. The minimum atomic E-state index is 0.667. The minimum absolute atomic E-state index is 0.667. The van der Waals surface area contributed by atoms with Crippen LogP contribution in [0.2, 0.25) is 0 Å². The third-order valence-corrected chi connectivity index (χ3v) is 3.72. The molecule has 1 N–H and O–H groups in total. The molecule has 4 aromatic rings. The summed E-state index contributed by atoms with van der Waals surface area (Å²) in [5.41, 5.74) is 3.39. The van der Waals surface area contributed by atoms with Gasteiger partial charge in [-0.3, -0.25) is 4.57 Å². The average molecular weight is 317 g/mol. The second-order valence-electron chi connectivity index (χ2n) is 5.20. The van der Waals surface area contributed by atoms with E-state index in [0.717, 1.165) is 28.3 Å². The monoisotopic (exact) mass is 317 g/mol. The molecule has 24 heavy (non-hydrogen) atoms. The second kappa shape index (κ2) is 6.00. The van der Waals surface area contributed by atoms with E-state index in [0.29, 0.717) is 5.82 Å². The van der Waals surface area contributed by atoms with Crippen LogP contribution in [0.1, 0.15) is 0 Å². The molecule has 0 atom stereocenters. The number of aromatic nitrogens is 4. The number of rotatable bonds is 4. The number of imidazole rings is 1. The number of methoxy groups -OCH3 is 1. The summed E-state index contributed by atoms with van der Waals surface area (Å²) in [4.78, 5) is 13.2. The third-order valence-electron chi connectivity index (χ3n) is 3.72. The van der Waals surface area contributed by atoms with Crippen LogP contribution in [0, 0.1) is 0 Å². The lowest BCUT2D eigenvalue weighted by atomic mass is 10.3. The molecule has 0 aliphatic rings. The highest BCUT2D eigenvalue weighted by molar-refractivity contribution is 5.86. The van der Waals surface area contributed by atoms with Crippen molar-refractivity contribution in [2.45, 2.75) is 0 Å². The molecule has 0 radical (unpaired) electrons. The van der Waals surface area contributed by atoms with Crippen LogP contribution in [0.5, 0.6) is 5.75 Å². The van der Waals surface area contributed by atoms with E-state index in [-0.39, 0.29) is 0 Å². The molecular formula is C18H15N5O. The number of nitrogens with zero attached hydrogens (tertiary/aromatic N) is 4. The molecule has 0 amide bonds. The molecule has 0 fully saturated rings. The molecule has 0 aliphatic carbocycles. The van der Waals surface area contributed by atoms with Gasteiger partial charge >= 0.3 is 0 Å². The molecule has 0 bridgehead atoms. The van der Waals surface area contributed by atoms with E-state index in [4.69, 9.17) is 4.74 Å². The Hall–Kier alpha value is -3.41. The van der Waals surface area contributed by atoms with E-state index in [1.165, 1.54) is 6.33 Å². The smallest absolute Gasteiger partial charge is 0.170 e. The fraction of sp³-hybridized carbons (Fsp3) is 0.0556. The quantitative estimate of drug-likeness (QED) is 0.623. The van der Waals surface area contributed by atoms with Crippen molar-refractivity contribution in [1.29, 1.82) is 0 Å². The van der Waals surface area contributed by atoms with Crippen LogP contribution in [0.4, 0.5) is 11.5 Å². The number of ether oxygens (including phenoxy) is 1. The lowest BCUT2D eigenvalue weighted by Crippen LogP contribution is -1.98. The molecule has 0 spiro atoms. The van der Waals surface area contributed by atoms with Crippen LogP contribution < -0.4 is 10.1 Å². The van der Waals surface area contributed by atoms with Gasteiger partial charge in [0.05, 0.1) is 7.11 Å². The van der Waals surface area contributed by atoms with Crippen LogP contribution in [-0.2, 0) is 0 Å². The Labute approximate surface area is 138 Å². The first-order chi connectivity index (χ1) is 11.8. The molecular weight excluding hydrogens is 302 g/mol. The summed E-state index contributed by atoms with van der Waals surface area (Å²) in [6, 6.07) is 17.6. The molecule has 2 aromatic heterocycles. The zero-order chi connectivity index (χ0) is 16.4. The van der Waals surface area contributed by atoms with Gasteiger partial charge in [0.25, 0.3) is 0 Å². The summed E-state index contributed by atoms with van der Waals surface area (Å²) in [5, 5.41) is 3.28. The van der Waals surface area contributed by atoms with E-state index in [1.54, 1.807) is 13.4 Å². The highest BCUT2D eigenvalue weighted by atomic mass is 16.5. The second-order valence-corrected chi connectivity index (χ2v) is 5.20. The number of hydrogen-bond donors (Lipinski definition) is 1. The molecule has 2 aromatic carbocycles. The number of anilines is 2. The van der Waals surface area contributed by atoms with Crippen LogP contribution in [0.25, 0.3) is 16.9 Å². The Morgan fingerprint density at radius 2 is 1.71 bits per heavy atom. The van der Waals surface area contributed by atoms with E-state index >= 15 is 0 Å². The minimum Gasteiger partial charge on any atom is -0.497 e. The standard InChI is InChI=1S/C18H15N5O/c1-24-15-9-7-13(8-10-15)22-17-16-18(20-11-19-17)23(12-21-16)14-5-3-2-4-6-14/h2-12H,1H3,(H,19,20,22). The highest BCUT2D eigenvalue weighted by Crippen LogP contribution is 2.24. The van der Waals surface area contributed by atoms with Crippen molar-refractivity contribution in [3.05, 3.63) is 67.3 Å². The fourth-order valence-corrected chi connectivity index (χ4v) is 2.51. The molecule has 6 heteroatoms. The van der Waals surface area contributed by atoms with Gasteiger partial charge in [-0.2, -0.15) is 0 Å². The predicted molar refractivity (Wildman–Crippen MR) is 92.9 cm³/mol. The Bertz CT molecular complexity index is 964. The Balaban J connectivity index is 1.73. The first-order valence-corrected chi connectivity index (χ1v) is 7.50. The summed E-state index contributed by atoms with van der Waals surface area (Å²) in [6.07, 6.45) is 3.29. The van der Waals surface area contributed by atoms with Gasteiger partial charge in [-0.1, -0.05) is 18.2 Å². The van der Waals surface area contributed by atoms with Crippen molar-refractivity contribution in [2.24, 2.45) is 0 Å². The van der Waals surface area contributed by atoms with Crippen molar-refractivity contribution in [2.75, 3.05) is 12.4 Å². The number of benzene rings is 2. The Kier molecular flexibility index (Phi) is 3.55. The molecule has 0 saturated heterocycles. The Morgan fingerprint density at radius 3 is 2.46 bits per heavy atom. The molecule has 0 aliphatic heterocycles. The van der Waals surface area contributed by atoms with E-state index in [9.17, 15) is 0 Å². The first-order valence-electron chi connectivity index (χ1n) is 7.50. The number of nitrogens with one attached hydrogen (secondary N) is 1. The highest BCUT2D eigenvalue weighted by Gasteiger charge is 2.11. The third kappa shape index (κ3) is 2.54. The molecule has 0 saturated carbocycles. The van der Waals surface area contributed by atoms with Gasteiger partial charge in [0.2, 0.25) is 0 Å². The lowest BCUT2D eigenvalue weighted by Gasteiger charge is -2.07. The zero-order valence-corrected chi connectivity index (χ0v) is 13.0. The molecule has 118 valence electrons. The van der Waals surface area contributed by atoms with Crippen molar-refractivity contribution in [1.82, 2.24) is 19.5 Å². The van der Waals surface area contributed by atoms with Gasteiger partial charge in [-0.15, -0.1) is 0 Å². The van der Waals surface area contributed by atoms with Gasteiger partial charge in [-0.05, 0) is 36.4 Å². The molecule has 4 rings (SSSR count). The zero-order valence-electron chi connectivity index (χ0n) is 13.0. The van der Waals surface area contributed by atoms with Crippen LogP contribution in [0.15, 0.2) is 67.3 Å². The van der Waals surface area contributed by atoms with E-state index in [2.05, 4.69) is 20.3 Å². The SMILES string of the molecule is COc1ccc(Nc2ncnc3c2ncn3-c2ccccc2)cc1. The van der Waals surface area contributed by atoms with E-state index in [1.807, 2.05) is 59.2 Å². The van der Waals surface area contributed by atoms with Crippen molar-refractivity contribution >= 4 is 22.7 Å². The van der Waals surface area contributed by atoms with Gasteiger partial charge in [-0.25, -0.2) is 15.0 Å². The average Bonchev–Trinajstić information content (AvgIpc) is 3.08. The number of para-hydroxylation sites is 1. The maximum Gasteiger partial charge on any atom is 0.170 e. The number of fused-ring (bicyclic) bond motifs is 1. The summed E-state index contributed by atoms with van der Waals surface area (Å²) >= 11 is 0. The summed E-state index contributed by atoms with van der Waals surface area (Å²) in [7, 11) is 1.65. The normalized spacial score (nSPS) is 10.7. The van der Waals surface area contributed by atoms with Gasteiger partial charge < -0.3 is 10.1 Å². The van der Waals surface area contributed by atoms with Crippen molar-refractivity contribution < 1.29 is 4.74 Å². The van der Waals surface area contributed by atoms with Crippen LogP contribution in [0.3, 0.4) is 0 Å². The largest absolute Gasteiger partial charge is 0.497 e. The predicted octanol–water partition coefficient (Wildman–Crippen LogP) is 3.57. The fourth-order valence-electron chi connectivity index (χ4n) is 2.51. The topological polar surface area (TPSA) is 64.9 Å². The lowest BCUT2D eigenvalue weighted by molar-refractivity contribution is 0.415. The number of hydrogen-bond acceptors (Lipinski definition) is 5. The molecule has 0 unspecified atom stereocenters. The van der Waals surface area contributed by atoms with Crippen molar-refractivity contribution in [3.63, 3.8) is 0 Å². The maximum atomic E-state index is 5.17. The molecule has 6 nitrogen and oxygen atoms in total. The Morgan fingerprint density at radius 1 is 0.917 bits per heavy atom. The maximum absolute atomic E-state index is 5.17.